The minimum Gasteiger partial charge on any atom is -0.307 e. The topological polar surface area (TPSA) is 46.2 Å². The van der Waals surface area contributed by atoms with Gasteiger partial charge in [-0.15, -0.1) is 0 Å². The zero-order valence-electron chi connectivity index (χ0n) is 11.1. The molecular formula is C14H18ClNO2S. The van der Waals surface area contributed by atoms with Crippen molar-refractivity contribution >= 4 is 21.4 Å². The summed E-state index contributed by atoms with van der Waals surface area (Å²) in [7, 11) is -3.32. The summed E-state index contributed by atoms with van der Waals surface area (Å²) in [5.41, 5.74) is 0.838. The van der Waals surface area contributed by atoms with E-state index in [2.05, 4.69) is 5.32 Å². The lowest BCUT2D eigenvalue weighted by atomic mass is 9.91. The maximum atomic E-state index is 12.6. The van der Waals surface area contributed by atoms with Gasteiger partial charge in [-0.1, -0.05) is 30.7 Å². The van der Waals surface area contributed by atoms with Crippen LogP contribution in [0.2, 0.25) is 5.02 Å². The van der Waals surface area contributed by atoms with Crippen LogP contribution < -0.4 is 5.32 Å². The first-order chi connectivity index (χ1) is 8.93. The highest BCUT2D eigenvalue weighted by Gasteiger charge is 2.44. The van der Waals surface area contributed by atoms with Crippen LogP contribution in [0, 0.1) is 5.92 Å². The van der Waals surface area contributed by atoms with Crippen molar-refractivity contribution < 1.29 is 8.42 Å². The molecule has 3 unspecified atom stereocenters. The van der Waals surface area contributed by atoms with Crippen LogP contribution in [0.3, 0.4) is 0 Å². The molecule has 0 bridgehead atoms. The Morgan fingerprint density at radius 2 is 1.95 bits per heavy atom. The Morgan fingerprint density at radius 3 is 2.58 bits per heavy atom. The van der Waals surface area contributed by atoms with E-state index < -0.39 is 15.1 Å². The van der Waals surface area contributed by atoms with Gasteiger partial charge < -0.3 is 5.32 Å². The highest BCUT2D eigenvalue weighted by Crippen LogP contribution is 2.44. The fourth-order valence-electron chi connectivity index (χ4n) is 2.84. The second-order valence-corrected chi connectivity index (χ2v) is 8.34. The molecule has 1 saturated carbocycles. The number of fused-ring (bicyclic) bond motifs is 1. The Morgan fingerprint density at radius 1 is 1.26 bits per heavy atom. The molecule has 3 atom stereocenters. The fraction of sp³-hybridized carbons (Fsp3) is 0.571. The van der Waals surface area contributed by atoms with Crippen LogP contribution in [-0.4, -0.2) is 19.7 Å². The molecule has 1 aliphatic carbocycles. The third kappa shape index (κ3) is 2.10. The monoisotopic (exact) mass is 299 g/mol. The quantitative estimate of drug-likeness (QED) is 0.913. The van der Waals surface area contributed by atoms with Crippen molar-refractivity contribution in [1.82, 2.24) is 5.32 Å². The molecule has 0 saturated heterocycles. The zero-order chi connectivity index (χ0) is 13.8. The molecule has 5 heteroatoms. The van der Waals surface area contributed by atoms with E-state index in [0.717, 1.165) is 5.56 Å². The number of halogens is 1. The largest absolute Gasteiger partial charge is 0.307 e. The summed E-state index contributed by atoms with van der Waals surface area (Å²) in [6.45, 7) is 3.79. The van der Waals surface area contributed by atoms with Gasteiger partial charge in [-0.25, -0.2) is 8.42 Å². The average Bonchev–Trinajstić information content (AvgIpc) is 3.16. The maximum Gasteiger partial charge on any atom is 0.183 e. The van der Waals surface area contributed by atoms with Crippen LogP contribution in [0.1, 0.15) is 38.3 Å². The Labute approximate surface area is 119 Å². The Balaban J connectivity index is 2.16. The third-order valence-electron chi connectivity index (χ3n) is 4.37. The van der Waals surface area contributed by atoms with Crippen molar-refractivity contribution in [3.05, 3.63) is 28.8 Å². The smallest absolute Gasteiger partial charge is 0.183 e. The van der Waals surface area contributed by atoms with E-state index in [4.69, 9.17) is 11.6 Å². The number of rotatable bonds is 2. The standard InChI is InChI=1S/C14H18ClNO2S/c1-8-9(2)19(17,18)14-11(4-3-5-12(14)15)13(8)16-10-6-7-10/h3-5,8-10,13,16H,6-7H2,1-2H3. The number of sulfone groups is 1. The summed E-state index contributed by atoms with van der Waals surface area (Å²) in [6, 6.07) is 6.00. The van der Waals surface area contributed by atoms with Crippen molar-refractivity contribution in [3.8, 4) is 0 Å². The normalized spacial score (nSPS) is 32.9. The number of benzene rings is 1. The Bertz CT molecular complexity index is 610. The third-order valence-corrected chi connectivity index (χ3v) is 7.23. The van der Waals surface area contributed by atoms with Gasteiger partial charge in [0.15, 0.2) is 9.84 Å². The maximum absolute atomic E-state index is 12.6. The van der Waals surface area contributed by atoms with Crippen LogP contribution in [0.15, 0.2) is 23.1 Å². The summed E-state index contributed by atoms with van der Waals surface area (Å²) >= 11 is 6.15. The summed E-state index contributed by atoms with van der Waals surface area (Å²) in [5.74, 6) is 0.0524. The lowest BCUT2D eigenvalue weighted by molar-refractivity contribution is 0.356. The molecule has 19 heavy (non-hydrogen) atoms. The van der Waals surface area contributed by atoms with Gasteiger partial charge in [-0.3, -0.25) is 0 Å². The van der Waals surface area contributed by atoms with Gasteiger partial charge in [-0.05, 0) is 37.3 Å². The predicted octanol–water partition coefficient (Wildman–Crippen LogP) is 2.95. The molecule has 0 aromatic heterocycles. The van der Waals surface area contributed by atoms with Crippen LogP contribution >= 0.6 is 11.6 Å². The van der Waals surface area contributed by atoms with Crippen molar-refractivity contribution in [2.45, 2.75) is 48.9 Å². The molecule has 1 aromatic rings. The minimum absolute atomic E-state index is 0.0524. The minimum atomic E-state index is -3.32. The SMILES string of the molecule is CC1C(NC2CC2)c2cccc(Cl)c2S(=O)(=O)C1C. The Kier molecular flexibility index (Phi) is 3.15. The van der Waals surface area contributed by atoms with Crippen molar-refractivity contribution in [2.24, 2.45) is 5.92 Å². The van der Waals surface area contributed by atoms with E-state index in [1.807, 2.05) is 19.1 Å². The van der Waals surface area contributed by atoms with Crippen molar-refractivity contribution in [2.75, 3.05) is 0 Å². The second-order valence-electron chi connectivity index (χ2n) is 5.69. The molecule has 0 radical (unpaired) electrons. The lowest BCUT2D eigenvalue weighted by Gasteiger charge is -2.36. The van der Waals surface area contributed by atoms with Crippen molar-refractivity contribution in [1.29, 1.82) is 0 Å². The van der Waals surface area contributed by atoms with Crippen LogP contribution in [0.4, 0.5) is 0 Å². The summed E-state index contributed by atoms with van der Waals surface area (Å²) in [4.78, 5) is 0.334. The molecule has 3 nitrogen and oxygen atoms in total. The molecule has 1 aromatic carbocycles. The van der Waals surface area contributed by atoms with Gasteiger partial charge in [0, 0.05) is 12.1 Å². The predicted molar refractivity (Wildman–Crippen MR) is 76.2 cm³/mol. The van der Waals surface area contributed by atoms with E-state index in [1.54, 1.807) is 13.0 Å². The van der Waals surface area contributed by atoms with E-state index in [9.17, 15) is 8.42 Å². The van der Waals surface area contributed by atoms with E-state index >= 15 is 0 Å². The first-order valence-corrected chi connectivity index (χ1v) is 8.63. The highest BCUT2D eigenvalue weighted by atomic mass is 35.5. The molecule has 1 fully saturated rings. The number of nitrogens with one attached hydrogen (secondary N) is 1. The first kappa shape index (κ1) is 13.4. The van der Waals surface area contributed by atoms with E-state index in [-0.39, 0.29) is 12.0 Å². The molecular weight excluding hydrogens is 282 g/mol. The second kappa shape index (κ2) is 4.47. The lowest BCUT2D eigenvalue weighted by Crippen LogP contribution is -2.42. The van der Waals surface area contributed by atoms with Gasteiger partial charge in [0.1, 0.15) is 0 Å². The van der Waals surface area contributed by atoms with Gasteiger partial charge in [0.2, 0.25) is 0 Å². The summed E-state index contributed by atoms with van der Waals surface area (Å²) in [6.07, 6.45) is 2.36. The van der Waals surface area contributed by atoms with E-state index in [0.29, 0.717) is 16.0 Å². The Hall–Kier alpha value is -0.580. The molecule has 3 rings (SSSR count). The summed E-state index contributed by atoms with van der Waals surface area (Å²) < 4.78 is 25.1. The van der Waals surface area contributed by atoms with Crippen LogP contribution in [0.25, 0.3) is 0 Å². The molecule has 104 valence electrons. The van der Waals surface area contributed by atoms with Gasteiger partial charge >= 0.3 is 0 Å². The van der Waals surface area contributed by atoms with Gasteiger partial charge in [0.25, 0.3) is 0 Å². The fourth-order valence-corrected chi connectivity index (χ4v) is 5.30. The first-order valence-electron chi connectivity index (χ1n) is 6.71. The summed E-state index contributed by atoms with van der Waals surface area (Å²) in [5, 5.41) is 3.51. The molecule has 0 spiro atoms. The zero-order valence-corrected chi connectivity index (χ0v) is 12.6. The van der Waals surface area contributed by atoms with E-state index in [1.165, 1.54) is 12.8 Å². The van der Waals surface area contributed by atoms with Gasteiger partial charge in [0.05, 0.1) is 15.2 Å². The molecule has 2 aliphatic rings. The molecule has 1 aliphatic heterocycles. The van der Waals surface area contributed by atoms with Crippen LogP contribution in [0.5, 0.6) is 0 Å². The van der Waals surface area contributed by atoms with Crippen LogP contribution in [-0.2, 0) is 9.84 Å². The average molecular weight is 300 g/mol. The molecule has 0 amide bonds. The highest BCUT2D eigenvalue weighted by molar-refractivity contribution is 7.92. The van der Waals surface area contributed by atoms with Gasteiger partial charge in [-0.2, -0.15) is 0 Å². The van der Waals surface area contributed by atoms with Crippen molar-refractivity contribution in [3.63, 3.8) is 0 Å². The number of hydrogen-bond acceptors (Lipinski definition) is 3. The number of hydrogen-bond donors (Lipinski definition) is 1. The molecule has 1 N–H and O–H groups in total. The molecule has 1 heterocycles.